The first-order chi connectivity index (χ1) is 18.5. The van der Waals surface area contributed by atoms with E-state index in [2.05, 4.69) is 105 Å². The van der Waals surface area contributed by atoms with Crippen LogP contribution in [0.15, 0.2) is 59.7 Å². The quantitative estimate of drug-likeness (QED) is 0.235. The molecule has 1 aliphatic carbocycles. The van der Waals surface area contributed by atoms with E-state index >= 15 is 0 Å². The maximum Gasteiger partial charge on any atom is 0.185 e. The summed E-state index contributed by atoms with van der Waals surface area (Å²) < 4.78 is 0. The second-order valence-electron chi connectivity index (χ2n) is 10.9. The van der Waals surface area contributed by atoms with Crippen LogP contribution in [-0.4, -0.2) is 32.0 Å². The number of carbonyl (C=O) groups excluding carboxylic acids is 1. The van der Waals surface area contributed by atoms with Crippen LogP contribution in [0.3, 0.4) is 0 Å². The Bertz CT molecular complexity index is 955. The zero-order valence-electron chi connectivity index (χ0n) is 24.6. The Labute approximate surface area is 232 Å². The van der Waals surface area contributed by atoms with E-state index in [9.17, 15) is 4.79 Å². The van der Waals surface area contributed by atoms with Crippen molar-refractivity contribution in [3.8, 4) is 0 Å². The lowest BCUT2D eigenvalue weighted by Crippen LogP contribution is -2.24. The molecule has 3 nitrogen and oxygen atoms in total. The summed E-state index contributed by atoms with van der Waals surface area (Å²) >= 11 is 0. The van der Waals surface area contributed by atoms with Gasteiger partial charge in [0.1, 0.15) is 0 Å². The number of ketones is 1. The van der Waals surface area contributed by atoms with Crippen molar-refractivity contribution in [1.29, 1.82) is 0 Å². The summed E-state index contributed by atoms with van der Waals surface area (Å²) in [4.78, 5) is 18.5. The molecule has 0 atom stereocenters. The van der Waals surface area contributed by atoms with Crippen LogP contribution in [0.25, 0.3) is 12.2 Å². The number of allylic oxidation sites excluding steroid dienone is 2. The van der Waals surface area contributed by atoms with E-state index in [4.69, 9.17) is 0 Å². The molecule has 0 N–H and O–H groups in total. The Balaban J connectivity index is 1.83. The average Bonchev–Trinajstić information content (AvgIpc) is 2.92. The molecule has 0 bridgehead atoms. The molecule has 0 amide bonds. The molecular formula is C35H50N2O. The van der Waals surface area contributed by atoms with Gasteiger partial charge in [0.2, 0.25) is 0 Å². The number of benzene rings is 2. The van der Waals surface area contributed by atoms with Crippen molar-refractivity contribution >= 4 is 29.3 Å². The topological polar surface area (TPSA) is 23.6 Å². The van der Waals surface area contributed by atoms with Crippen molar-refractivity contribution in [2.24, 2.45) is 5.92 Å². The molecule has 0 saturated heterocycles. The second-order valence-corrected chi connectivity index (χ2v) is 10.9. The van der Waals surface area contributed by atoms with Crippen LogP contribution >= 0.6 is 0 Å². The van der Waals surface area contributed by atoms with Crippen molar-refractivity contribution < 1.29 is 4.79 Å². The highest BCUT2D eigenvalue weighted by molar-refractivity contribution is 6.14. The first-order valence-electron chi connectivity index (χ1n) is 15.2. The number of hydrogen-bond acceptors (Lipinski definition) is 3. The molecule has 0 radical (unpaired) electrons. The van der Waals surface area contributed by atoms with Gasteiger partial charge in [0.25, 0.3) is 0 Å². The van der Waals surface area contributed by atoms with E-state index in [0.29, 0.717) is 5.92 Å². The summed E-state index contributed by atoms with van der Waals surface area (Å²) in [5.74, 6) is 0.755. The average molecular weight is 515 g/mol. The lowest BCUT2D eigenvalue weighted by molar-refractivity contribution is -0.113. The minimum atomic E-state index is 0.225. The highest BCUT2D eigenvalue weighted by Crippen LogP contribution is 2.35. The molecule has 1 saturated carbocycles. The minimum Gasteiger partial charge on any atom is -0.372 e. The monoisotopic (exact) mass is 514 g/mol. The first kappa shape index (κ1) is 29.7. The van der Waals surface area contributed by atoms with Crippen LogP contribution in [0.2, 0.25) is 0 Å². The van der Waals surface area contributed by atoms with Gasteiger partial charge in [-0.1, -0.05) is 71.7 Å². The fourth-order valence-corrected chi connectivity index (χ4v) is 5.73. The Morgan fingerprint density at radius 2 is 0.974 bits per heavy atom. The fraction of sp³-hybridized carbons (Fsp3) is 0.514. The zero-order chi connectivity index (χ0) is 27.3. The standard InChI is InChI=1S/C35H50N2O/c1-6-11-30-26-31(24-28-12-16-33(17-13-28)36(20-7-2)21-8-3)35(38)32(27-30)25-29-14-18-34(19-15-29)37(22-9-4)23-10-5/h12-19,24-25,30H,6-11,20-23,26-27H2,1-5H3. The molecule has 2 aromatic rings. The van der Waals surface area contributed by atoms with E-state index in [0.717, 1.165) is 99.8 Å². The van der Waals surface area contributed by atoms with Gasteiger partial charge in [-0.25, -0.2) is 0 Å². The normalized spacial score (nSPS) is 17.8. The molecule has 0 heterocycles. The molecule has 2 aromatic carbocycles. The number of anilines is 2. The van der Waals surface area contributed by atoms with E-state index in [-0.39, 0.29) is 5.78 Å². The number of Topliss-reactive ketones (excluding diaryl/α,β-unsaturated/α-hetero) is 1. The molecular weight excluding hydrogens is 464 g/mol. The maximum absolute atomic E-state index is 13.6. The van der Waals surface area contributed by atoms with Crippen LogP contribution < -0.4 is 9.80 Å². The summed E-state index contributed by atoms with van der Waals surface area (Å²) in [6.45, 7) is 15.5. The van der Waals surface area contributed by atoms with E-state index < -0.39 is 0 Å². The number of rotatable bonds is 14. The zero-order valence-corrected chi connectivity index (χ0v) is 24.6. The molecule has 38 heavy (non-hydrogen) atoms. The third kappa shape index (κ3) is 8.35. The Morgan fingerprint density at radius 1 is 0.605 bits per heavy atom. The second kappa shape index (κ2) is 15.6. The van der Waals surface area contributed by atoms with Gasteiger partial charge in [-0.15, -0.1) is 0 Å². The number of nitrogens with zero attached hydrogens (tertiary/aromatic N) is 2. The minimum absolute atomic E-state index is 0.225. The number of carbonyl (C=O) groups is 1. The molecule has 206 valence electrons. The van der Waals surface area contributed by atoms with Gasteiger partial charge in [-0.3, -0.25) is 4.79 Å². The van der Waals surface area contributed by atoms with Crippen LogP contribution in [0, 0.1) is 5.92 Å². The summed E-state index contributed by atoms with van der Waals surface area (Å²) in [7, 11) is 0. The molecule has 1 fully saturated rings. The van der Waals surface area contributed by atoms with Crippen molar-refractivity contribution in [1.82, 2.24) is 0 Å². The Kier molecular flexibility index (Phi) is 12.2. The fourth-order valence-electron chi connectivity index (χ4n) is 5.73. The van der Waals surface area contributed by atoms with Crippen LogP contribution in [0.5, 0.6) is 0 Å². The van der Waals surface area contributed by atoms with Gasteiger partial charge in [-0.2, -0.15) is 0 Å². The van der Waals surface area contributed by atoms with E-state index in [1.165, 1.54) is 11.4 Å². The van der Waals surface area contributed by atoms with Gasteiger partial charge in [0.05, 0.1) is 0 Å². The van der Waals surface area contributed by atoms with Gasteiger partial charge >= 0.3 is 0 Å². The molecule has 0 spiro atoms. The van der Waals surface area contributed by atoms with Crippen molar-refractivity contribution in [2.75, 3.05) is 36.0 Å². The first-order valence-corrected chi connectivity index (χ1v) is 15.2. The third-order valence-corrected chi connectivity index (χ3v) is 7.47. The third-order valence-electron chi connectivity index (χ3n) is 7.47. The highest BCUT2D eigenvalue weighted by Gasteiger charge is 2.27. The van der Waals surface area contributed by atoms with Crippen LogP contribution in [-0.2, 0) is 4.79 Å². The molecule has 3 rings (SSSR count). The lowest BCUT2D eigenvalue weighted by Gasteiger charge is -2.26. The summed E-state index contributed by atoms with van der Waals surface area (Å²) in [5, 5.41) is 0. The molecule has 0 aliphatic heterocycles. The van der Waals surface area contributed by atoms with E-state index in [1.807, 2.05) is 0 Å². The predicted molar refractivity (Wildman–Crippen MR) is 167 cm³/mol. The van der Waals surface area contributed by atoms with E-state index in [1.54, 1.807) is 0 Å². The summed E-state index contributed by atoms with van der Waals surface area (Å²) in [5.41, 5.74) is 6.71. The predicted octanol–water partition coefficient (Wildman–Crippen LogP) is 9.19. The van der Waals surface area contributed by atoms with Gasteiger partial charge in [-0.05, 0) is 92.0 Å². The van der Waals surface area contributed by atoms with Crippen LogP contribution in [0.1, 0.15) is 97.1 Å². The van der Waals surface area contributed by atoms with Crippen LogP contribution in [0.4, 0.5) is 11.4 Å². The Morgan fingerprint density at radius 3 is 1.29 bits per heavy atom. The SMILES string of the molecule is CCCC1CC(=Cc2ccc(N(CCC)CCC)cc2)C(=O)C(=Cc2ccc(N(CCC)CCC)cc2)C1. The maximum atomic E-state index is 13.6. The highest BCUT2D eigenvalue weighted by atomic mass is 16.1. The van der Waals surface area contributed by atoms with Crippen molar-refractivity contribution in [2.45, 2.75) is 86.0 Å². The van der Waals surface area contributed by atoms with Gasteiger partial charge in [0, 0.05) is 48.7 Å². The number of hydrogen-bond donors (Lipinski definition) is 0. The smallest absolute Gasteiger partial charge is 0.185 e. The summed E-state index contributed by atoms with van der Waals surface area (Å²) in [6, 6.07) is 17.6. The van der Waals surface area contributed by atoms with Crippen molar-refractivity contribution in [3.63, 3.8) is 0 Å². The largest absolute Gasteiger partial charge is 0.372 e. The molecule has 3 heteroatoms. The molecule has 0 aromatic heterocycles. The molecule has 1 aliphatic rings. The summed E-state index contributed by atoms with van der Waals surface area (Å²) in [6.07, 6.45) is 12.9. The molecule has 0 unspecified atom stereocenters. The lowest BCUT2D eigenvalue weighted by atomic mass is 9.78. The Hall–Kier alpha value is -2.81. The van der Waals surface area contributed by atoms with Gasteiger partial charge < -0.3 is 9.80 Å². The van der Waals surface area contributed by atoms with Gasteiger partial charge in [0.15, 0.2) is 5.78 Å². The van der Waals surface area contributed by atoms with Crippen molar-refractivity contribution in [3.05, 3.63) is 70.8 Å².